The van der Waals surface area contributed by atoms with Gasteiger partial charge >= 0.3 is 11.9 Å². The Bertz CT molecular complexity index is 916. The van der Waals surface area contributed by atoms with E-state index in [1.807, 2.05) is 13.0 Å². The summed E-state index contributed by atoms with van der Waals surface area (Å²) in [5.74, 6) is -1.60. The zero-order chi connectivity index (χ0) is 18.8. The molecular weight excluding hydrogens is 361 g/mol. The molecule has 1 N–H and O–H groups in total. The maximum absolute atomic E-state index is 12.7. The largest absolute Gasteiger partial charge is 0.451 e. The Balaban J connectivity index is 2.02. The topological polar surface area (TPSA) is 86.0 Å². The van der Waals surface area contributed by atoms with Crippen molar-refractivity contribution in [1.29, 1.82) is 0 Å². The van der Waals surface area contributed by atoms with Gasteiger partial charge in [0.15, 0.2) is 0 Å². The molecule has 0 aliphatic carbocycles. The number of halogens is 3. The Morgan fingerprint density at radius 3 is 2.52 bits per heavy atom. The molecule has 11 heteroatoms. The fraction of sp³-hybridized carbons (Fsp3) is 0.429. The molecule has 0 radical (unpaired) electrons. The number of rotatable bonds is 6. The van der Waals surface area contributed by atoms with E-state index in [1.54, 1.807) is 18.2 Å². The van der Waals surface area contributed by atoms with Gasteiger partial charge in [-0.1, -0.05) is 29.8 Å². The first-order valence-electron chi connectivity index (χ1n) is 7.23. The smallest absolute Gasteiger partial charge is 0.274 e. The normalized spacial score (nSPS) is 12.5. The van der Waals surface area contributed by atoms with E-state index in [9.17, 15) is 26.4 Å². The van der Waals surface area contributed by atoms with Crippen LogP contribution in [0.5, 0.6) is 0 Å². The number of hydrogen-bond acceptors (Lipinski definition) is 4. The molecule has 138 valence electrons. The highest BCUT2D eigenvalue weighted by atomic mass is 32.2. The lowest BCUT2D eigenvalue weighted by molar-refractivity contribution is -0.147. The van der Waals surface area contributed by atoms with Gasteiger partial charge < -0.3 is 0 Å². The van der Waals surface area contributed by atoms with Gasteiger partial charge in [0, 0.05) is 13.6 Å². The highest BCUT2D eigenvalue weighted by Crippen LogP contribution is 2.25. The molecule has 25 heavy (non-hydrogen) atoms. The molecule has 0 aliphatic rings. The second-order valence-electron chi connectivity index (χ2n) is 5.53. The molecule has 0 atom stereocenters. The second kappa shape index (κ2) is 7.00. The molecule has 1 aromatic heterocycles. The summed E-state index contributed by atoms with van der Waals surface area (Å²) >= 11 is 0. The first kappa shape index (κ1) is 19.2. The lowest BCUT2D eigenvalue weighted by atomic mass is 10.2. The van der Waals surface area contributed by atoms with E-state index in [0.29, 0.717) is 14.8 Å². The number of aromatic nitrogens is 3. The number of nitrogens with zero attached hydrogens (tertiary/aromatic N) is 3. The minimum absolute atomic E-state index is 0.248. The summed E-state index contributed by atoms with van der Waals surface area (Å²) in [7, 11) is -2.73. The van der Waals surface area contributed by atoms with Gasteiger partial charge in [-0.05, 0) is 12.5 Å². The fourth-order valence-electron chi connectivity index (χ4n) is 2.26. The molecule has 0 saturated carbocycles. The zero-order valence-corrected chi connectivity index (χ0v) is 14.4. The van der Waals surface area contributed by atoms with Crippen molar-refractivity contribution in [3.63, 3.8) is 0 Å². The van der Waals surface area contributed by atoms with E-state index in [1.165, 1.54) is 0 Å². The zero-order valence-electron chi connectivity index (χ0n) is 13.5. The highest BCUT2D eigenvalue weighted by molar-refractivity contribution is 7.88. The number of alkyl halides is 3. The third kappa shape index (κ3) is 4.92. The van der Waals surface area contributed by atoms with Gasteiger partial charge in [0.1, 0.15) is 0 Å². The highest BCUT2D eigenvalue weighted by Gasteiger charge is 2.37. The molecule has 0 amide bonds. The van der Waals surface area contributed by atoms with Crippen LogP contribution in [0.4, 0.5) is 13.2 Å². The minimum atomic E-state index is -4.76. The Kier molecular flexibility index (Phi) is 5.37. The van der Waals surface area contributed by atoms with Crippen molar-refractivity contribution in [3.05, 3.63) is 51.7 Å². The minimum Gasteiger partial charge on any atom is -0.274 e. The van der Waals surface area contributed by atoms with E-state index in [0.717, 1.165) is 12.6 Å². The van der Waals surface area contributed by atoms with E-state index >= 15 is 0 Å². The Hall–Kier alpha value is -2.14. The molecule has 0 saturated heterocycles. The lowest BCUT2D eigenvalue weighted by Crippen LogP contribution is -2.32. The Morgan fingerprint density at radius 2 is 1.96 bits per heavy atom. The van der Waals surface area contributed by atoms with Crippen molar-refractivity contribution in [2.75, 3.05) is 6.54 Å². The monoisotopic (exact) mass is 378 g/mol. The van der Waals surface area contributed by atoms with Gasteiger partial charge in [-0.15, -0.1) is 5.10 Å². The third-order valence-electron chi connectivity index (χ3n) is 3.38. The van der Waals surface area contributed by atoms with Crippen LogP contribution in [-0.2, 0) is 35.5 Å². The first-order valence-corrected chi connectivity index (χ1v) is 8.89. The number of sulfonamides is 1. The van der Waals surface area contributed by atoms with Crippen LogP contribution in [0.25, 0.3) is 0 Å². The molecule has 2 aromatic rings. The molecular formula is C14H17F3N4O3S. The van der Waals surface area contributed by atoms with Gasteiger partial charge in [-0.25, -0.2) is 22.6 Å². The van der Waals surface area contributed by atoms with Crippen LogP contribution in [0.1, 0.15) is 17.0 Å². The Morgan fingerprint density at radius 1 is 1.28 bits per heavy atom. The van der Waals surface area contributed by atoms with Crippen LogP contribution < -0.4 is 10.4 Å². The molecule has 7 nitrogen and oxygen atoms in total. The summed E-state index contributed by atoms with van der Waals surface area (Å²) < 4.78 is 65.3. The molecule has 0 bridgehead atoms. The maximum Gasteiger partial charge on any atom is 0.451 e. The van der Waals surface area contributed by atoms with Gasteiger partial charge in [0.2, 0.25) is 15.8 Å². The number of benzene rings is 1. The van der Waals surface area contributed by atoms with E-state index in [4.69, 9.17) is 0 Å². The van der Waals surface area contributed by atoms with Crippen LogP contribution in [0.15, 0.2) is 29.1 Å². The molecule has 0 unspecified atom stereocenters. The average Bonchev–Trinajstić information content (AvgIpc) is 2.75. The van der Waals surface area contributed by atoms with Crippen LogP contribution in [0.3, 0.4) is 0 Å². The molecule has 1 heterocycles. The molecule has 1 aromatic carbocycles. The average molecular weight is 378 g/mol. The van der Waals surface area contributed by atoms with Crippen LogP contribution >= 0.6 is 0 Å². The van der Waals surface area contributed by atoms with E-state index < -0.39 is 27.7 Å². The summed E-state index contributed by atoms with van der Waals surface area (Å²) in [5, 5.41) is 3.20. The number of hydrogen-bond donors (Lipinski definition) is 1. The van der Waals surface area contributed by atoms with Crippen molar-refractivity contribution in [3.8, 4) is 0 Å². The van der Waals surface area contributed by atoms with Crippen molar-refractivity contribution in [1.82, 2.24) is 19.1 Å². The van der Waals surface area contributed by atoms with Crippen molar-refractivity contribution in [2.45, 2.75) is 25.4 Å². The SMILES string of the molecule is Cc1cccc(CS(=O)(=O)NCCn2nc(C(F)(F)F)n(C)c2=O)c1. The van der Waals surface area contributed by atoms with Crippen molar-refractivity contribution in [2.24, 2.45) is 7.05 Å². The van der Waals surface area contributed by atoms with Crippen LogP contribution in [-0.4, -0.2) is 29.3 Å². The van der Waals surface area contributed by atoms with Gasteiger partial charge in [0.25, 0.3) is 0 Å². The summed E-state index contributed by atoms with van der Waals surface area (Å²) in [6.07, 6.45) is -4.76. The lowest BCUT2D eigenvalue weighted by Gasteiger charge is -2.07. The standard InChI is InChI=1S/C14H17F3N4O3S/c1-10-4-3-5-11(8-10)9-25(23,24)18-6-7-21-13(22)20(2)12(19-21)14(15,16)17/h3-5,8,18H,6-7,9H2,1-2H3. The summed E-state index contributed by atoms with van der Waals surface area (Å²) in [6.45, 7) is 1.27. The summed E-state index contributed by atoms with van der Waals surface area (Å²) in [6, 6.07) is 6.94. The number of nitrogens with one attached hydrogen (secondary N) is 1. The van der Waals surface area contributed by atoms with Crippen molar-refractivity contribution >= 4 is 10.0 Å². The predicted octanol–water partition coefficient (Wildman–Crippen LogP) is 1.03. The second-order valence-corrected chi connectivity index (χ2v) is 7.34. The molecule has 2 rings (SSSR count). The van der Waals surface area contributed by atoms with E-state index in [2.05, 4.69) is 9.82 Å². The first-order chi connectivity index (χ1) is 11.5. The van der Waals surface area contributed by atoms with Crippen LogP contribution in [0, 0.1) is 6.92 Å². The molecule has 0 fully saturated rings. The summed E-state index contributed by atoms with van der Waals surface area (Å²) in [5.41, 5.74) is 0.527. The summed E-state index contributed by atoms with van der Waals surface area (Å²) in [4.78, 5) is 11.7. The van der Waals surface area contributed by atoms with Gasteiger partial charge in [-0.3, -0.25) is 4.57 Å². The fourth-order valence-corrected chi connectivity index (χ4v) is 3.38. The number of aryl methyl sites for hydroxylation is 1. The van der Waals surface area contributed by atoms with Crippen molar-refractivity contribution < 1.29 is 21.6 Å². The van der Waals surface area contributed by atoms with Crippen LogP contribution in [0.2, 0.25) is 0 Å². The predicted molar refractivity (Wildman–Crippen MR) is 84.3 cm³/mol. The van der Waals surface area contributed by atoms with Gasteiger partial charge in [0.05, 0.1) is 12.3 Å². The third-order valence-corrected chi connectivity index (χ3v) is 4.74. The Labute approximate surface area is 142 Å². The molecule has 0 aliphatic heterocycles. The molecule has 0 spiro atoms. The maximum atomic E-state index is 12.7. The quantitative estimate of drug-likeness (QED) is 0.814. The van der Waals surface area contributed by atoms with Gasteiger partial charge in [-0.2, -0.15) is 13.2 Å². The van der Waals surface area contributed by atoms with E-state index in [-0.39, 0.29) is 18.8 Å².